The quantitative estimate of drug-likeness (QED) is 0.150. The average Bonchev–Trinajstić information content (AvgIpc) is 3.37. The van der Waals surface area contributed by atoms with Crippen LogP contribution in [0.15, 0.2) is 83.8 Å². The summed E-state index contributed by atoms with van der Waals surface area (Å²) in [6.45, 7) is 4.43. The van der Waals surface area contributed by atoms with Crippen LogP contribution in [0.2, 0.25) is 0 Å². The number of H-pyrrole nitrogens is 1. The van der Waals surface area contributed by atoms with E-state index in [2.05, 4.69) is 40.2 Å². The molecule has 1 aromatic heterocycles. The monoisotopic (exact) mass is 574 g/mol. The van der Waals surface area contributed by atoms with Gasteiger partial charge in [-0.3, -0.25) is 13.9 Å². The minimum Gasteiger partial charge on any atom is -0.469 e. The third-order valence-corrected chi connectivity index (χ3v) is 9.32. The Morgan fingerprint density at radius 2 is 1.73 bits per heavy atom. The molecular weight excluding hydrogens is 536 g/mol. The van der Waals surface area contributed by atoms with Gasteiger partial charge in [-0.25, -0.2) is 0 Å². The molecule has 3 aromatic carbocycles. The summed E-state index contributed by atoms with van der Waals surface area (Å²) in [5, 5.41) is 1.14. The molecule has 7 nitrogen and oxygen atoms in total. The Bertz CT molecular complexity index is 1560. The van der Waals surface area contributed by atoms with E-state index in [1.165, 1.54) is 18.2 Å². The smallest absolute Gasteiger partial charge is 0.314 e. The van der Waals surface area contributed by atoms with Crippen LogP contribution in [-0.2, 0) is 36.8 Å². The number of aromatic nitrogens is 1. The number of ether oxygens (including phenoxy) is 1. The van der Waals surface area contributed by atoms with Gasteiger partial charge in [0.05, 0.1) is 24.5 Å². The summed E-state index contributed by atoms with van der Waals surface area (Å²) in [5.74, 6) is -0.551. The Labute approximate surface area is 242 Å². The number of rotatable bonds is 9. The van der Waals surface area contributed by atoms with Crippen molar-refractivity contribution in [1.82, 2.24) is 9.88 Å². The number of para-hydroxylation sites is 1. The zero-order valence-electron chi connectivity index (χ0n) is 23.7. The summed E-state index contributed by atoms with van der Waals surface area (Å²) in [6, 6.07) is 25.3. The van der Waals surface area contributed by atoms with Crippen molar-refractivity contribution in [3.05, 3.63) is 101 Å². The number of nitrogens with zero attached hydrogens (tertiary/aromatic N) is 1. The largest absolute Gasteiger partial charge is 0.469 e. The third kappa shape index (κ3) is 7.07. The van der Waals surface area contributed by atoms with Crippen molar-refractivity contribution >= 4 is 27.0 Å². The number of carbonyl (C=O) groups is 1. The Morgan fingerprint density at radius 1 is 1.00 bits per heavy atom. The highest BCUT2D eigenvalue weighted by Crippen LogP contribution is 2.36. The van der Waals surface area contributed by atoms with Crippen LogP contribution in [-0.4, -0.2) is 51.1 Å². The van der Waals surface area contributed by atoms with E-state index in [9.17, 15) is 13.2 Å². The number of fused-ring (bicyclic) bond motifs is 3. The molecule has 216 valence electrons. The van der Waals surface area contributed by atoms with Crippen LogP contribution in [0.4, 0.5) is 0 Å². The fraction of sp³-hybridized carbons (Fsp3) is 0.364. The third-order valence-electron chi connectivity index (χ3n) is 8.00. The Hall–Kier alpha value is -3.46. The summed E-state index contributed by atoms with van der Waals surface area (Å²) in [6.07, 6.45) is 2.69. The number of hydrogen-bond donors (Lipinski definition) is 1. The minimum absolute atomic E-state index is 0.0892. The van der Waals surface area contributed by atoms with E-state index in [0.717, 1.165) is 54.6 Å². The summed E-state index contributed by atoms with van der Waals surface area (Å²) < 4.78 is 36.1. The molecule has 0 saturated heterocycles. The summed E-state index contributed by atoms with van der Waals surface area (Å²) >= 11 is 0. The molecule has 0 saturated carbocycles. The van der Waals surface area contributed by atoms with Gasteiger partial charge in [-0.2, -0.15) is 8.42 Å². The molecule has 0 amide bonds. The second-order valence-electron chi connectivity index (χ2n) is 10.9. The second kappa shape index (κ2) is 13.0. The normalized spacial score (nSPS) is 18.3. The van der Waals surface area contributed by atoms with E-state index in [1.54, 1.807) is 24.3 Å². The SMILES string of the molecule is COC(=O)C1CC(CCCOS(=O)(=O)c2ccc(C)cc2)CN(Cc2ccccc2)CCc2c1[nH]c1ccccc21. The maximum atomic E-state index is 13.2. The van der Waals surface area contributed by atoms with Crippen molar-refractivity contribution in [3.8, 4) is 0 Å². The Kier molecular flexibility index (Phi) is 9.22. The molecule has 4 aromatic rings. The van der Waals surface area contributed by atoms with Crippen LogP contribution in [0.3, 0.4) is 0 Å². The average molecular weight is 575 g/mol. The van der Waals surface area contributed by atoms with E-state index >= 15 is 0 Å². The van der Waals surface area contributed by atoms with Crippen LogP contribution in [0.1, 0.15) is 47.6 Å². The second-order valence-corrected chi connectivity index (χ2v) is 12.6. The lowest BCUT2D eigenvalue weighted by molar-refractivity contribution is -0.143. The Balaban J connectivity index is 1.37. The van der Waals surface area contributed by atoms with Gasteiger partial charge >= 0.3 is 5.97 Å². The molecular formula is C33H38N2O5S. The van der Waals surface area contributed by atoms with Crippen LogP contribution in [0.25, 0.3) is 10.9 Å². The number of aromatic amines is 1. The van der Waals surface area contributed by atoms with Crippen LogP contribution in [0, 0.1) is 12.8 Å². The maximum absolute atomic E-state index is 13.2. The van der Waals surface area contributed by atoms with Gasteiger partial charge in [0.25, 0.3) is 10.1 Å². The molecule has 0 spiro atoms. The van der Waals surface area contributed by atoms with E-state index in [1.807, 2.05) is 31.2 Å². The van der Waals surface area contributed by atoms with Crippen molar-refractivity contribution in [2.45, 2.75) is 50.0 Å². The molecule has 41 heavy (non-hydrogen) atoms. The molecule has 1 N–H and O–H groups in total. The summed E-state index contributed by atoms with van der Waals surface area (Å²) in [4.78, 5) is 19.3. The molecule has 8 heteroatoms. The predicted octanol–water partition coefficient (Wildman–Crippen LogP) is 5.98. The van der Waals surface area contributed by atoms with Crippen molar-refractivity contribution in [2.75, 3.05) is 26.8 Å². The maximum Gasteiger partial charge on any atom is 0.314 e. The zero-order valence-corrected chi connectivity index (χ0v) is 24.5. The molecule has 0 radical (unpaired) electrons. The first-order valence-corrected chi connectivity index (χ1v) is 15.6. The first-order chi connectivity index (χ1) is 19.8. The number of nitrogens with one attached hydrogen (secondary N) is 1. The van der Waals surface area contributed by atoms with Crippen molar-refractivity contribution in [3.63, 3.8) is 0 Å². The Morgan fingerprint density at radius 3 is 2.49 bits per heavy atom. The lowest BCUT2D eigenvalue weighted by Gasteiger charge is -2.28. The van der Waals surface area contributed by atoms with Gasteiger partial charge in [0.15, 0.2) is 0 Å². The number of esters is 1. The first-order valence-electron chi connectivity index (χ1n) is 14.2. The highest BCUT2D eigenvalue weighted by Gasteiger charge is 2.32. The number of methoxy groups -OCH3 is 1. The fourth-order valence-electron chi connectivity index (χ4n) is 5.90. The van der Waals surface area contributed by atoms with Crippen molar-refractivity contribution < 1.29 is 22.1 Å². The van der Waals surface area contributed by atoms with Gasteiger partial charge in [0, 0.05) is 36.2 Å². The zero-order chi connectivity index (χ0) is 28.8. The number of aryl methyl sites for hydroxylation is 1. The van der Waals surface area contributed by atoms with Gasteiger partial charge in [-0.15, -0.1) is 0 Å². The molecule has 0 aliphatic carbocycles. The van der Waals surface area contributed by atoms with Crippen molar-refractivity contribution in [2.24, 2.45) is 5.92 Å². The molecule has 2 atom stereocenters. The van der Waals surface area contributed by atoms with Gasteiger partial charge in [0.2, 0.25) is 0 Å². The van der Waals surface area contributed by atoms with E-state index in [-0.39, 0.29) is 23.4 Å². The highest BCUT2D eigenvalue weighted by molar-refractivity contribution is 7.86. The van der Waals surface area contributed by atoms with Crippen LogP contribution < -0.4 is 0 Å². The molecule has 0 bridgehead atoms. The van der Waals surface area contributed by atoms with E-state index < -0.39 is 16.0 Å². The topological polar surface area (TPSA) is 88.7 Å². The number of carbonyl (C=O) groups excluding carboxylic acids is 1. The molecule has 1 aliphatic heterocycles. The van der Waals surface area contributed by atoms with E-state index in [0.29, 0.717) is 12.8 Å². The number of benzene rings is 3. The fourth-order valence-corrected chi connectivity index (χ4v) is 6.85. The van der Waals surface area contributed by atoms with Gasteiger partial charge in [-0.1, -0.05) is 66.2 Å². The lowest BCUT2D eigenvalue weighted by atomic mass is 9.87. The first kappa shape index (κ1) is 29.0. The van der Waals surface area contributed by atoms with Crippen LogP contribution in [0.5, 0.6) is 0 Å². The molecule has 1 aliphatic rings. The molecule has 0 fully saturated rings. The minimum atomic E-state index is -3.82. The number of hydrogen-bond acceptors (Lipinski definition) is 6. The van der Waals surface area contributed by atoms with Gasteiger partial charge < -0.3 is 9.72 Å². The van der Waals surface area contributed by atoms with Gasteiger partial charge in [0.1, 0.15) is 0 Å². The summed E-state index contributed by atoms with van der Waals surface area (Å²) in [5.41, 5.74) is 5.35. The van der Waals surface area contributed by atoms with Crippen LogP contribution >= 0.6 is 0 Å². The molecule has 2 heterocycles. The lowest BCUT2D eigenvalue weighted by Crippen LogP contribution is -2.31. The standard InChI is InChI=1S/C33H38N2O5S/c1-24-14-16-27(17-15-24)41(37,38)40-20-8-11-26-21-30(33(36)39-2)32-29(28-12-6-7-13-31(28)34-32)18-19-35(23-26)22-25-9-4-3-5-10-25/h3-7,9-10,12-17,26,30,34H,8,11,18-23H2,1-2H3. The molecule has 5 rings (SSSR count). The summed E-state index contributed by atoms with van der Waals surface area (Å²) in [7, 11) is -2.38. The highest BCUT2D eigenvalue weighted by atomic mass is 32.2. The van der Waals surface area contributed by atoms with Gasteiger partial charge in [-0.05, 0) is 67.9 Å². The van der Waals surface area contributed by atoms with Crippen molar-refractivity contribution in [1.29, 1.82) is 0 Å². The molecule has 2 unspecified atom stereocenters. The predicted molar refractivity (Wildman–Crippen MR) is 160 cm³/mol. The van der Waals surface area contributed by atoms with E-state index in [4.69, 9.17) is 8.92 Å².